The number of rotatable bonds is 4. The Morgan fingerprint density at radius 2 is 1.93 bits per heavy atom. The number of halogens is 2. The van der Waals surface area contributed by atoms with E-state index < -0.39 is 0 Å². The van der Waals surface area contributed by atoms with Crippen LogP contribution in [0.15, 0.2) is 48.5 Å². The first kappa shape index (κ1) is 18.4. The first-order valence-electron chi connectivity index (χ1n) is 9.29. The van der Waals surface area contributed by atoms with E-state index in [1.807, 2.05) is 24.3 Å². The number of benzene rings is 2. The van der Waals surface area contributed by atoms with Gasteiger partial charge in [-0.2, -0.15) is 0 Å². The van der Waals surface area contributed by atoms with E-state index in [1.54, 1.807) is 13.2 Å². The normalized spacial score (nSPS) is 13.8. The van der Waals surface area contributed by atoms with Gasteiger partial charge in [0.05, 0.1) is 24.2 Å². The quantitative estimate of drug-likeness (QED) is 0.442. The number of pyridine rings is 1. The fraction of sp³-hybridized carbons (Fsp3) is 0.182. The molecule has 1 aliphatic rings. The molecule has 4 aromatic rings. The summed E-state index contributed by atoms with van der Waals surface area (Å²) < 4.78 is 5.28. The highest BCUT2D eigenvalue weighted by Crippen LogP contribution is 2.37. The predicted molar refractivity (Wildman–Crippen MR) is 115 cm³/mol. The van der Waals surface area contributed by atoms with Crippen LogP contribution >= 0.6 is 23.2 Å². The van der Waals surface area contributed by atoms with Gasteiger partial charge in [-0.25, -0.2) is 9.97 Å². The largest absolute Gasteiger partial charge is 0.497 e. The predicted octanol–water partition coefficient (Wildman–Crippen LogP) is 5.46. The Hall–Kier alpha value is -2.60. The molecule has 0 saturated heterocycles. The molecule has 0 aliphatic carbocycles. The summed E-state index contributed by atoms with van der Waals surface area (Å²) in [6.07, 6.45) is 0. The van der Waals surface area contributed by atoms with Crippen molar-refractivity contribution in [3.05, 3.63) is 75.7 Å². The van der Waals surface area contributed by atoms with Crippen LogP contribution in [0, 0.1) is 0 Å². The number of H-pyrrole nitrogens is 1. The molecular formula is C22H18Cl2N4O. The Bertz CT molecular complexity index is 1220. The Kier molecular flexibility index (Phi) is 4.66. The minimum absolute atomic E-state index is 0.449. The third kappa shape index (κ3) is 3.46. The van der Waals surface area contributed by atoms with E-state index in [4.69, 9.17) is 27.9 Å². The highest BCUT2D eigenvalue weighted by Gasteiger charge is 2.24. The molecule has 0 atom stereocenters. The maximum absolute atomic E-state index is 6.54. The number of hydrogen-bond donors (Lipinski definition) is 1. The molecule has 0 bridgehead atoms. The van der Waals surface area contributed by atoms with Gasteiger partial charge in [0.15, 0.2) is 5.65 Å². The number of fused-ring (bicyclic) bond motifs is 2. The summed E-state index contributed by atoms with van der Waals surface area (Å²) in [7, 11) is 1.64. The van der Waals surface area contributed by atoms with E-state index >= 15 is 0 Å². The molecule has 3 heterocycles. The monoisotopic (exact) mass is 424 g/mol. The van der Waals surface area contributed by atoms with E-state index in [0.717, 1.165) is 41.3 Å². The van der Waals surface area contributed by atoms with Crippen molar-refractivity contribution in [2.75, 3.05) is 7.11 Å². The number of nitrogens with zero attached hydrogens (tertiary/aromatic N) is 3. The number of hydrogen-bond acceptors (Lipinski definition) is 4. The van der Waals surface area contributed by atoms with Crippen LogP contribution in [0.3, 0.4) is 0 Å². The van der Waals surface area contributed by atoms with Crippen molar-refractivity contribution in [3.63, 3.8) is 0 Å². The molecule has 1 N–H and O–H groups in total. The van der Waals surface area contributed by atoms with Gasteiger partial charge >= 0.3 is 0 Å². The number of aromatic amines is 1. The Balaban J connectivity index is 1.42. The molecule has 0 amide bonds. The van der Waals surface area contributed by atoms with Crippen molar-refractivity contribution in [3.8, 4) is 16.9 Å². The van der Waals surface area contributed by atoms with E-state index in [2.05, 4.69) is 38.1 Å². The van der Waals surface area contributed by atoms with E-state index in [1.165, 1.54) is 11.1 Å². The lowest BCUT2D eigenvalue weighted by atomic mass is 9.97. The summed E-state index contributed by atoms with van der Waals surface area (Å²) in [6.45, 7) is 2.40. The number of nitrogens with one attached hydrogen (secondary N) is 1. The highest BCUT2D eigenvalue weighted by atomic mass is 35.5. The molecule has 29 heavy (non-hydrogen) atoms. The Morgan fingerprint density at radius 1 is 1.03 bits per heavy atom. The van der Waals surface area contributed by atoms with Gasteiger partial charge in [0.1, 0.15) is 16.7 Å². The van der Waals surface area contributed by atoms with Crippen molar-refractivity contribution in [1.82, 2.24) is 19.9 Å². The summed E-state index contributed by atoms with van der Waals surface area (Å²) in [6, 6.07) is 15.9. The summed E-state index contributed by atoms with van der Waals surface area (Å²) in [5.41, 5.74) is 6.34. The van der Waals surface area contributed by atoms with Gasteiger partial charge in [0, 0.05) is 18.7 Å². The molecule has 0 spiro atoms. The van der Waals surface area contributed by atoms with E-state index in [0.29, 0.717) is 22.4 Å². The molecule has 0 radical (unpaired) electrons. The van der Waals surface area contributed by atoms with E-state index in [9.17, 15) is 0 Å². The van der Waals surface area contributed by atoms with Gasteiger partial charge in [-0.3, -0.25) is 4.90 Å². The lowest BCUT2D eigenvalue weighted by Crippen LogP contribution is -2.16. The van der Waals surface area contributed by atoms with Crippen LogP contribution in [0.25, 0.3) is 22.3 Å². The van der Waals surface area contributed by atoms with Crippen molar-refractivity contribution < 1.29 is 4.74 Å². The second kappa shape index (κ2) is 7.34. The smallest absolute Gasteiger partial charge is 0.179 e. The Labute approximate surface area is 178 Å². The third-order valence-electron chi connectivity index (χ3n) is 5.25. The van der Waals surface area contributed by atoms with Crippen molar-refractivity contribution in [2.45, 2.75) is 19.6 Å². The number of ether oxygens (including phenoxy) is 1. The average Bonchev–Trinajstić information content (AvgIpc) is 3.30. The number of imidazole rings is 1. The highest BCUT2D eigenvalue weighted by molar-refractivity contribution is 6.33. The van der Waals surface area contributed by atoms with Gasteiger partial charge in [0.2, 0.25) is 0 Å². The van der Waals surface area contributed by atoms with Gasteiger partial charge in [0.25, 0.3) is 0 Å². The molecule has 7 heteroatoms. The zero-order valence-electron chi connectivity index (χ0n) is 15.7. The fourth-order valence-corrected chi connectivity index (χ4v) is 4.32. The molecular weight excluding hydrogens is 407 g/mol. The first-order chi connectivity index (χ1) is 14.1. The molecule has 5 nitrogen and oxygen atoms in total. The van der Waals surface area contributed by atoms with Crippen molar-refractivity contribution >= 4 is 34.4 Å². The van der Waals surface area contributed by atoms with Crippen LogP contribution in [0.4, 0.5) is 0 Å². The maximum atomic E-state index is 6.54. The van der Waals surface area contributed by atoms with Crippen LogP contribution in [-0.2, 0) is 19.6 Å². The maximum Gasteiger partial charge on any atom is 0.179 e. The zero-order valence-corrected chi connectivity index (χ0v) is 17.3. The number of methoxy groups -OCH3 is 1. The standard InChI is InChI=1S/C22H18Cl2N4O/c1-29-14-5-6-16(18(23)9-14)15-4-2-3-13-10-28(11-17(13)15)12-21-25-19-7-8-20(24)26-22(19)27-21/h2-9H,10-12H2,1H3,(H,25,26,27). The minimum atomic E-state index is 0.449. The van der Waals surface area contributed by atoms with Gasteiger partial charge in [-0.15, -0.1) is 0 Å². The van der Waals surface area contributed by atoms with E-state index in [-0.39, 0.29) is 0 Å². The Morgan fingerprint density at radius 3 is 2.76 bits per heavy atom. The zero-order chi connectivity index (χ0) is 20.0. The third-order valence-corrected chi connectivity index (χ3v) is 5.77. The van der Waals surface area contributed by atoms with Crippen LogP contribution in [-0.4, -0.2) is 27.0 Å². The second-order valence-electron chi connectivity index (χ2n) is 7.12. The minimum Gasteiger partial charge on any atom is -0.497 e. The molecule has 1 aliphatic heterocycles. The molecule has 5 rings (SSSR count). The fourth-order valence-electron chi connectivity index (χ4n) is 3.90. The molecule has 2 aromatic carbocycles. The van der Waals surface area contributed by atoms with Gasteiger partial charge < -0.3 is 9.72 Å². The van der Waals surface area contributed by atoms with Crippen molar-refractivity contribution in [1.29, 1.82) is 0 Å². The summed E-state index contributed by atoms with van der Waals surface area (Å²) in [4.78, 5) is 14.5. The van der Waals surface area contributed by atoms with Crippen LogP contribution in [0.2, 0.25) is 10.2 Å². The summed E-state index contributed by atoms with van der Waals surface area (Å²) in [5, 5.41) is 1.14. The molecule has 0 unspecified atom stereocenters. The van der Waals surface area contributed by atoms with Crippen LogP contribution in [0.5, 0.6) is 5.75 Å². The first-order valence-corrected chi connectivity index (χ1v) is 10.0. The average molecular weight is 425 g/mol. The lowest BCUT2D eigenvalue weighted by Gasteiger charge is -2.13. The molecule has 0 fully saturated rings. The number of aromatic nitrogens is 3. The van der Waals surface area contributed by atoms with Crippen LogP contribution < -0.4 is 4.74 Å². The molecule has 2 aromatic heterocycles. The van der Waals surface area contributed by atoms with Gasteiger partial charge in [-0.05, 0) is 47.0 Å². The van der Waals surface area contributed by atoms with Gasteiger partial charge in [-0.1, -0.05) is 41.4 Å². The van der Waals surface area contributed by atoms with Crippen molar-refractivity contribution in [2.24, 2.45) is 0 Å². The van der Waals surface area contributed by atoms with Crippen LogP contribution in [0.1, 0.15) is 17.0 Å². The lowest BCUT2D eigenvalue weighted by molar-refractivity contribution is 0.269. The topological polar surface area (TPSA) is 54.0 Å². The second-order valence-corrected chi connectivity index (χ2v) is 7.92. The SMILES string of the molecule is COc1ccc(-c2cccc3c2CN(Cc2nc4nc(Cl)ccc4[nH]2)C3)c(Cl)c1. The molecule has 146 valence electrons. The summed E-state index contributed by atoms with van der Waals surface area (Å²) in [5.74, 6) is 1.64. The summed E-state index contributed by atoms with van der Waals surface area (Å²) >= 11 is 12.5. The molecule has 0 saturated carbocycles.